The number of rotatable bonds is 9. The fourth-order valence-corrected chi connectivity index (χ4v) is 4.60. The quantitative estimate of drug-likeness (QED) is 0.275. The number of hydrogen-bond acceptors (Lipinski definition) is 7. The number of ether oxygens (including phenoxy) is 3. The smallest absolute Gasteiger partial charge is 0.341 e. The second-order valence-corrected chi connectivity index (χ2v) is 8.61. The van der Waals surface area contributed by atoms with Crippen molar-refractivity contribution in [1.29, 1.82) is 0 Å². The van der Waals surface area contributed by atoms with Gasteiger partial charge in [-0.1, -0.05) is 53.5 Å². The molecule has 34 heavy (non-hydrogen) atoms. The monoisotopic (exact) mass is 521 g/mol. The molecular formula is C24H21Cl2NO6S. The van der Waals surface area contributed by atoms with Crippen LogP contribution < -0.4 is 10.1 Å². The molecule has 3 aromatic rings. The standard InChI is InChI=1S/C24H21Cl2NO6S/c1-3-32-24(30)21-16(13-34-23(21)27-19(28)11-20(29)31-2)15-9-17(25)22(18(26)10-15)33-12-14-7-5-4-6-8-14/h4-10,13H,3,11-12H2,1-2H3,(H,27,28). The number of halogens is 2. The average molecular weight is 522 g/mol. The zero-order chi connectivity index (χ0) is 24.7. The summed E-state index contributed by atoms with van der Waals surface area (Å²) < 4.78 is 15.5. The van der Waals surface area contributed by atoms with E-state index in [1.165, 1.54) is 7.11 Å². The molecule has 0 radical (unpaired) electrons. The molecule has 1 heterocycles. The first-order valence-electron chi connectivity index (χ1n) is 10.1. The van der Waals surface area contributed by atoms with Gasteiger partial charge >= 0.3 is 11.9 Å². The Hall–Kier alpha value is -3.07. The molecule has 178 valence electrons. The van der Waals surface area contributed by atoms with E-state index in [9.17, 15) is 14.4 Å². The lowest BCUT2D eigenvalue weighted by molar-refractivity contribution is -0.142. The Morgan fingerprint density at radius 3 is 2.35 bits per heavy atom. The van der Waals surface area contributed by atoms with Crippen LogP contribution in [0, 0.1) is 0 Å². The van der Waals surface area contributed by atoms with Crippen molar-refractivity contribution >= 4 is 57.4 Å². The summed E-state index contributed by atoms with van der Waals surface area (Å²) in [6.07, 6.45) is -0.489. The van der Waals surface area contributed by atoms with Crippen molar-refractivity contribution in [2.75, 3.05) is 19.0 Å². The summed E-state index contributed by atoms with van der Waals surface area (Å²) in [6.45, 7) is 2.09. The molecule has 1 amide bonds. The number of amides is 1. The van der Waals surface area contributed by atoms with Crippen LogP contribution in [-0.4, -0.2) is 31.6 Å². The van der Waals surface area contributed by atoms with Crippen molar-refractivity contribution in [2.45, 2.75) is 20.0 Å². The lowest BCUT2D eigenvalue weighted by Crippen LogP contribution is -2.18. The van der Waals surface area contributed by atoms with Gasteiger partial charge in [-0.2, -0.15) is 0 Å². The van der Waals surface area contributed by atoms with E-state index in [1.54, 1.807) is 24.4 Å². The van der Waals surface area contributed by atoms with Gasteiger partial charge in [0.15, 0.2) is 5.75 Å². The minimum absolute atomic E-state index is 0.134. The van der Waals surface area contributed by atoms with Crippen LogP contribution in [0.5, 0.6) is 5.75 Å². The van der Waals surface area contributed by atoms with Gasteiger partial charge in [0, 0.05) is 10.9 Å². The average Bonchev–Trinajstić information content (AvgIpc) is 3.22. The Kier molecular flexibility index (Phi) is 8.92. The normalized spacial score (nSPS) is 10.5. The zero-order valence-electron chi connectivity index (χ0n) is 18.4. The number of esters is 2. The van der Waals surface area contributed by atoms with Crippen molar-refractivity contribution in [3.63, 3.8) is 0 Å². The van der Waals surface area contributed by atoms with E-state index in [-0.39, 0.29) is 33.8 Å². The second kappa shape index (κ2) is 11.9. The molecule has 0 aliphatic rings. The summed E-state index contributed by atoms with van der Waals surface area (Å²) in [6, 6.07) is 12.8. The first-order chi connectivity index (χ1) is 16.3. The van der Waals surface area contributed by atoms with Gasteiger partial charge in [0.25, 0.3) is 0 Å². The van der Waals surface area contributed by atoms with E-state index >= 15 is 0 Å². The molecule has 0 aliphatic heterocycles. The van der Waals surface area contributed by atoms with Gasteiger partial charge < -0.3 is 19.5 Å². The minimum Gasteiger partial charge on any atom is -0.486 e. The summed E-state index contributed by atoms with van der Waals surface area (Å²) in [7, 11) is 1.18. The van der Waals surface area contributed by atoms with E-state index in [2.05, 4.69) is 10.1 Å². The van der Waals surface area contributed by atoms with Gasteiger partial charge in [-0.15, -0.1) is 11.3 Å². The van der Waals surface area contributed by atoms with Gasteiger partial charge in [-0.3, -0.25) is 9.59 Å². The van der Waals surface area contributed by atoms with Gasteiger partial charge in [0.1, 0.15) is 23.6 Å². The first-order valence-corrected chi connectivity index (χ1v) is 11.8. The molecule has 0 bridgehead atoms. The Morgan fingerprint density at radius 2 is 1.74 bits per heavy atom. The van der Waals surface area contributed by atoms with Crippen LogP contribution in [0.3, 0.4) is 0 Å². The maximum Gasteiger partial charge on any atom is 0.341 e. The third kappa shape index (κ3) is 6.28. The Balaban J connectivity index is 1.92. The summed E-state index contributed by atoms with van der Waals surface area (Å²) in [5.41, 5.74) is 2.09. The molecular weight excluding hydrogens is 501 g/mol. The van der Waals surface area contributed by atoms with E-state index in [4.69, 9.17) is 32.7 Å². The predicted octanol–water partition coefficient (Wildman–Crippen LogP) is 5.98. The highest BCUT2D eigenvalue weighted by atomic mass is 35.5. The van der Waals surface area contributed by atoms with Gasteiger partial charge in [0.05, 0.1) is 23.8 Å². The summed E-state index contributed by atoms with van der Waals surface area (Å²) in [5.74, 6) is -1.64. The largest absolute Gasteiger partial charge is 0.486 e. The maximum absolute atomic E-state index is 12.7. The predicted molar refractivity (Wildman–Crippen MR) is 132 cm³/mol. The molecule has 2 aromatic carbocycles. The third-order valence-corrected chi connectivity index (χ3v) is 6.05. The fourth-order valence-electron chi connectivity index (χ4n) is 3.03. The number of carbonyl (C=O) groups is 3. The highest BCUT2D eigenvalue weighted by Gasteiger charge is 2.25. The molecule has 0 saturated carbocycles. The van der Waals surface area contributed by atoms with Crippen LogP contribution in [0.4, 0.5) is 5.00 Å². The lowest BCUT2D eigenvalue weighted by Gasteiger charge is -2.13. The van der Waals surface area contributed by atoms with E-state index in [0.717, 1.165) is 16.9 Å². The van der Waals surface area contributed by atoms with Crippen LogP contribution >= 0.6 is 34.5 Å². The summed E-state index contributed by atoms with van der Waals surface area (Å²) >= 11 is 14.0. The van der Waals surface area contributed by atoms with E-state index in [0.29, 0.717) is 16.9 Å². The fraction of sp³-hybridized carbons (Fsp3) is 0.208. The van der Waals surface area contributed by atoms with Crippen molar-refractivity contribution in [1.82, 2.24) is 0 Å². The molecule has 0 saturated heterocycles. The van der Waals surface area contributed by atoms with Crippen molar-refractivity contribution in [3.05, 3.63) is 69.0 Å². The number of hydrogen-bond donors (Lipinski definition) is 1. The van der Waals surface area contributed by atoms with Crippen LogP contribution in [0.2, 0.25) is 10.0 Å². The van der Waals surface area contributed by atoms with Gasteiger partial charge in [0.2, 0.25) is 5.91 Å². The lowest BCUT2D eigenvalue weighted by atomic mass is 10.0. The molecule has 0 unspecified atom stereocenters. The van der Waals surface area contributed by atoms with Crippen LogP contribution in [0.15, 0.2) is 47.8 Å². The number of methoxy groups -OCH3 is 1. The van der Waals surface area contributed by atoms with Crippen molar-refractivity contribution in [2.24, 2.45) is 0 Å². The first kappa shape index (κ1) is 25.6. The number of carbonyl (C=O) groups excluding carboxylic acids is 3. The minimum atomic E-state index is -0.698. The molecule has 10 heteroatoms. The third-order valence-electron chi connectivity index (χ3n) is 4.59. The molecule has 0 aliphatic carbocycles. The SMILES string of the molecule is CCOC(=O)c1c(-c2cc(Cl)c(OCc3ccccc3)c(Cl)c2)csc1NC(=O)CC(=O)OC. The van der Waals surface area contributed by atoms with E-state index in [1.807, 2.05) is 30.3 Å². The topological polar surface area (TPSA) is 90.9 Å². The van der Waals surface area contributed by atoms with Crippen molar-refractivity contribution < 1.29 is 28.6 Å². The molecule has 1 aromatic heterocycles. The highest BCUT2D eigenvalue weighted by Crippen LogP contribution is 2.42. The van der Waals surface area contributed by atoms with Crippen LogP contribution in [0.1, 0.15) is 29.3 Å². The van der Waals surface area contributed by atoms with Gasteiger partial charge in [-0.25, -0.2) is 4.79 Å². The molecule has 3 rings (SSSR count). The summed E-state index contributed by atoms with van der Waals surface area (Å²) in [4.78, 5) is 36.3. The van der Waals surface area contributed by atoms with Crippen LogP contribution in [-0.2, 0) is 25.7 Å². The Labute approximate surface area is 210 Å². The Bertz CT molecular complexity index is 1170. The molecule has 0 fully saturated rings. The molecule has 7 nitrogen and oxygen atoms in total. The number of nitrogens with one attached hydrogen (secondary N) is 1. The molecule has 0 atom stereocenters. The number of benzene rings is 2. The maximum atomic E-state index is 12.7. The molecule has 0 spiro atoms. The highest BCUT2D eigenvalue weighted by molar-refractivity contribution is 7.15. The van der Waals surface area contributed by atoms with E-state index < -0.39 is 24.3 Å². The number of anilines is 1. The van der Waals surface area contributed by atoms with Gasteiger partial charge in [-0.05, 0) is 30.2 Å². The Morgan fingerprint density at radius 1 is 1.06 bits per heavy atom. The zero-order valence-corrected chi connectivity index (χ0v) is 20.7. The van der Waals surface area contributed by atoms with Crippen molar-refractivity contribution in [3.8, 4) is 16.9 Å². The van der Waals surface area contributed by atoms with Crippen LogP contribution in [0.25, 0.3) is 11.1 Å². The summed E-state index contributed by atoms with van der Waals surface area (Å²) in [5, 5.41) is 5.00. The second-order valence-electron chi connectivity index (χ2n) is 6.92. The molecule has 1 N–H and O–H groups in total. The number of thiophene rings is 1.